The van der Waals surface area contributed by atoms with Crippen LogP contribution in [0, 0.1) is 11.8 Å². The summed E-state index contributed by atoms with van der Waals surface area (Å²) in [5, 5.41) is 0. The summed E-state index contributed by atoms with van der Waals surface area (Å²) in [5.41, 5.74) is 0. The lowest BCUT2D eigenvalue weighted by Crippen LogP contribution is -2.17. The van der Waals surface area contributed by atoms with Crippen molar-refractivity contribution in [1.82, 2.24) is 0 Å². The van der Waals surface area contributed by atoms with Crippen LogP contribution in [0.3, 0.4) is 0 Å². The Bertz CT molecular complexity index is 109. The van der Waals surface area contributed by atoms with Gasteiger partial charge in [-0.05, 0) is 12.3 Å². The molecule has 0 amide bonds. The summed E-state index contributed by atoms with van der Waals surface area (Å²) in [7, 11) is 0. The Morgan fingerprint density at radius 2 is 2.00 bits per heavy atom. The van der Waals surface area contributed by atoms with Gasteiger partial charge >= 0.3 is 0 Å². The van der Waals surface area contributed by atoms with Gasteiger partial charge in [-0.3, -0.25) is 0 Å². The van der Waals surface area contributed by atoms with Crippen LogP contribution in [0.5, 0.6) is 0 Å². The molecule has 0 bridgehead atoms. The highest BCUT2D eigenvalue weighted by Crippen LogP contribution is 2.50. The second kappa shape index (κ2) is 1.93. The van der Waals surface area contributed by atoms with Crippen LogP contribution in [-0.2, 0) is 0 Å². The second-order valence-electron chi connectivity index (χ2n) is 2.93. The van der Waals surface area contributed by atoms with Gasteiger partial charge in [-0.25, -0.2) is 8.78 Å². The quantitative estimate of drug-likeness (QED) is 0.544. The van der Waals surface area contributed by atoms with Gasteiger partial charge in [0.25, 0.3) is 5.92 Å². The molecule has 0 spiro atoms. The molecule has 0 aromatic rings. The molecule has 0 radical (unpaired) electrons. The molecule has 0 heterocycles. The highest BCUT2D eigenvalue weighted by Gasteiger charge is 2.50. The first-order chi connectivity index (χ1) is 4.08. The smallest absolute Gasteiger partial charge is 0.207 e. The van der Waals surface area contributed by atoms with E-state index in [0.29, 0.717) is 0 Å². The van der Waals surface area contributed by atoms with Gasteiger partial charge in [0.15, 0.2) is 0 Å². The lowest BCUT2D eigenvalue weighted by Gasteiger charge is -2.11. The summed E-state index contributed by atoms with van der Waals surface area (Å²) >= 11 is 0. The van der Waals surface area contributed by atoms with Crippen LogP contribution in [0.2, 0.25) is 0 Å². The Kier molecular flexibility index (Phi) is 1.49. The molecule has 54 valence electrons. The summed E-state index contributed by atoms with van der Waals surface area (Å²) in [6.07, 6.45) is 0.725. The maximum Gasteiger partial charge on any atom is 0.250 e. The summed E-state index contributed by atoms with van der Waals surface area (Å²) in [4.78, 5) is 0. The molecule has 0 nitrogen and oxygen atoms in total. The Labute approximate surface area is 54.3 Å². The van der Waals surface area contributed by atoms with Crippen LogP contribution in [0.4, 0.5) is 8.78 Å². The van der Waals surface area contributed by atoms with E-state index in [2.05, 4.69) is 0 Å². The van der Waals surface area contributed by atoms with Gasteiger partial charge in [0.05, 0.1) is 0 Å². The minimum Gasteiger partial charge on any atom is -0.207 e. The Morgan fingerprint density at radius 1 is 1.56 bits per heavy atom. The van der Waals surface area contributed by atoms with Gasteiger partial charge in [0.1, 0.15) is 0 Å². The molecule has 2 atom stereocenters. The lowest BCUT2D eigenvalue weighted by molar-refractivity contribution is -0.0301. The van der Waals surface area contributed by atoms with E-state index in [-0.39, 0.29) is 18.3 Å². The summed E-state index contributed by atoms with van der Waals surface area (Å²) in [6.45, 7) is 3.43. The van der Waals surface area contributed by atoms with Crippen molar-refractivity contribution < 1.29 is 8.78 Å². The van der Waals surface area contributed by atoms with Crippen molar-refractivity contribution in [2.75, 3.05) is 0 Å². The third-order valence-corrected chi connectivity index (χ3v) is 2.12. The molecular weight excluding hydrogens is 122 g/mol. The third-order valence-electron chi connectivity index (χ3n) is 2.12. The van der Waals surface area contributed by atoms with Gasteiger partial charge in [-0.2, -0.15) is 0 Å². The number of alkyl halides is 2. The predicted octanol–water partition coefficient (Wildman–Crippen LogP) is 2.69. The average molecular weight is 134 g/mol. The number of hydrogen-bond acceptors (Lipinski definition) is 0. The fourth-order valence-corrected chi connectivity index (χ4v) is 1.17. The molecule has 1 aliphatic carbocycles. The Morgan fingerprint density at radius 3 is 2.11 bits per heavy atom. The van der Waals surface area contributed by atoms with E-state index in [0.717, 1.165) is 6.42 Å². The van der Waals surface area contributed by atoms with Crippen molar-refractivity contribution in [3.05, 3.63) is 0 Å². The van der Waals surface area contributed by atoms with Gasteiger partial charge in [0.2, 0.25) is 0 Å². The van der Waals surface area contributed by atoms with E-state index < -0.39 is 5.92 Å². The molecule has 0 N–H and O–H groups in total. The molecule has 1 aliphatic rings. The second-order valence-corrected chi connectivity index (χ2v) is 2.93. The van der Waals surface area contributed by atoms with E-state index in [1.807, 2.05) is 6.92 Å². The van der Waals surface area contributed by atoms with E-state index in [1.165, 1.54) is 0 Å². The monoisotopic (exact) mass is 134 g/mol. The van der Waals surface area contributed by atoms with Crippen LogP contribution >= 0.6 is 0 Å². The van der Waals surface area contributed by atoms with E-state index in [1.54, 1.807) is 6.92 Å². The SMILES string of the molecule is CCC(F)(F)C1C[C@@H]1C. The number of halogens is 2. The van der Waals surface area contributed by atoms with Gasteiger partial charge in [-0.1, -0.05) is 13.8 Å². The molecule has 0 aromatic heterocycles. The minimum absolute atomic E-state index is 0.00199. The normalized spacial score (nSPS) is 34.7. The standard InChI is InChI=1S/C7H12F2/c1-3-7(8,9)6-4-5(6)2/h5-6H,3-4H2,1-2H3/t5-,6?/m0/s1. The topological polar surface area (TPSA) is 0 Å². The molecule has 0 aliphatic heterocycles. The Balaban J connectivity index is 2.41. The largest absolute Gasteiger partial charge is 0.250 e. The molecule has 2 heteroatoms. The third kappa shape index (κ3) is 1.22. The van der Waals surface area contributed by atoms with Crippen molar-refractivity contribution in [3.8, 4) is 0 Å². The van der Waals surface area contributed by atoms with Crippen LogP contribution in [0.1, 0.15) is 26.7 Å². The molecule has 0 aromatic carbocycles. The van der Waals surface area contributed by atoms with E-state index in [9.17, 15) is 8.78 Å². The molecule has 0 saturated heterocycles. The molecule has 1 saturated carbocycles. The van der Waals surface area contributed by atoms with E-state index in [4.69, 9.17) is 0 Å². The van der Waals surface area contributed by atoms with E-state index >= 15 is 0 Å². The van der Waals surface area contributed by atoms with Crippen LogP contribution < -0.4 is 0 Å². The van der Waals surface area contributed by atoms with Crippen molar-refractivity contribution in [2.24, 2.45) is 11.8 Å². The fourth-order valence-electron chi connectivity index (χ4n) is 1.17. The lowest BCUT2D eigenvalue weighted by atomic mass is 10.1. The summed E-state index contributed by atoms with van der Waals surface area (Å²) in [6, 6.07) is 0. The average Bonchev–Trinajstić information content (AvgIpc) is 2.47. The molecular formula is C7H12F2. The van der Waals surface area contributed by atoms with Crippen molar-refractivity contribution in [1.29, 1.82) is 0 Å². The fraction of sp³-hybridized carbons (Fsp3) is 1.00. The number of rotatable bonds is 2. The predicted molar refractivity (Wildman–Crippen MR) is 32.5 cm³/mol. The maximum atomic E-state index is 12.6. The van der Waals surface area contributed by atoms with Crippen molar-refractivity contribution in [3.63, 3.8) is 0 Å². The highest BCUT2D eigenvalue weighted by atomic mass is 19.3. The molecule has 1 fully saturated rings. The molecule has 1 rings (SSSR count). The van der Waals surface area contributed by atoms with Crippen molar-refractivity contribution in [2.45, 2.75) is 32.6 Å². The van der Waals surface area contributed by atoms with Crippen molar-refractivity contribution >= 4 is 0 Å². The zero-order chi connectivity index (χ0) is 7.07. The number of hydrogen-bond donors (Lipinski definition) is 0. The van der Waals surface area contributed by atoms with Gasteiger partial charge in [0, 0.05) is 12.3 Å². The Hall–Kier alpha value is -0.140. The van der Waals surface area contributed by atoms with Crippen LogP contribution in [0.25, 0.3) is 0 Å². The summed E-state index contributed by atoms with van der Waals surface area (Å²) < 4.78 is 25.2. The zero-order valence-electron chi connectivity index (χ0n) is 5.82. The highest BCUT2D eigenvalue weighted by molar-refractivity contribution is 4.92. The van der Waals surface area contributed by atoms with Crippen LogP contribution in [0.15, 0.2) is 0 Å². The molecule has 9 heavy (non-hydrogen) atoms. The van der Waals surface area contributed by atoms with Crippen LogP contribution in [-0.4, -0.2) is 5.92 Å². The van der Waals surface area contributed by atoms with Gasteiger partial charge < -0.3 is 0 Å². The molecule has 1 unspecified atom stereocenters. The first kappa shape index (κ1) is 6.97. The first-order valence-electron chi connectivity index (χ1n) is 3.45. The van der Waals surface area contributed by atoms with Gasteiger partial charge in [-0.15, -0.1) is 0 Å². The first-order valence-corrected chi connectivity index (χ1v) is 3.45. The minimum atomic E-state index is -2.38. The summed E-state index contributed by atoms with van der Waals surface area (Å²) in [5.74, 6) is -2.41. The maximum absolute atomic E-state index is 12.6. The zero-order valence-corrected chi connectivity index (χ0v) is 5.82.